The number of nitrogens with zero attached hydrogens (tertiary/aromatic N) is 1. The first-order valence-electron chi connectivity index (χ1n) is 4.11. The van der Waals surface area contributed by atoms with Crippen molar-refractivity contribution in [3.8, 4) is 11.8 Å². The summed E-state index contributed by atoms with van der Waals surface area (Å²) >= 11 is 0. The smallest absolute Gasteiger partial charge is 0.0431 e. The Hall–Kier alpha value is -1.29. The normalized spacial score (nSPS) is 9.33. The Morgan fingerprint density at radius 2 is 2.08 bits per heavy atom. The van der Waals surface area contributed by atoms with Crippen molar-refractivity contribution in [3.05, 3.63) is 29.6 Å². The summed E-state index contributed by atoms with van der Waals surface area (Å²) in [7, 11) is 0. The van der Waals surface area contributed by atoms with Gasteiger partial charge in [-0.25, -0.2) is 0 Å². The monoisotopic (exact) mass is 159 g/mol. The van der Waals surface area contributed by atoms with Gasteiger partial charge in [-0.2, -0.15) is 0 Å². The summed E-state index contributed by atoms with van der Waals surface area (Å²) in [6.07, 6.45) is 3.69. The Kier molecular flexibility index (Phi) is 2.88. The zero-order valence-electron chi connectivity index (χ0n) is 7.76. The molecule has 0 radical (unpaired) electrons. The molecule has 1 heteroatoms. The van der Waals surface area contributed by atoms with E-state index in [1.807, 2.05) is 13.1 Å². The first-order valence-corrected chi connectivity index (χ1v) is 4.11. The van der Waals surface area contributed by atoms with Gasteiger partial charge in [0, 0.05) is 18.0 Å². The second kappa shape index (κ2) is 3.92. The molecule has 0 atom stereocenters. The largest absolute Gasteiger partial charge is 0.263 e. The lowest BCUT2D eigenvalue weighted by atomic mass is 10.0. The molecule has 0 aliphatic carbocycles. The Morgan fingerprint density at radius 1 is 1.33 bits per heavy atom. The summed E-state index contributed by atoms with van der Waals surface area (Å²) in [5, 5.41) is 0. The van der Waals surface area contributed by atoms with E-state index in [9.17, 15) is 0 Å². The highest BCUT2D eigenvalue weighted by molar-refractivity contribution is 5.34. The number of aromatic nitrogens is 1. The molecule has 0 saturated carbocycles. The van der Waals surface area contributed by atoms with E-state index in [0.717, 1.165) is 5.56 Å². The number of hydrogen-bond acceptors (Lipinski definition) is 1. The van der Waals surface area contributed by atoms with Gasteiger partial charge in [0.2, 0.25) is 0 Å². The average Bonchev–Trinajstić information content (AvgIpc) is 2.05. The van der Waals surface area contributed by atoms with Gasteiger partial charge in [0.25, 0.3) is 0 Å². The fourth-order valence-corrected chi connectivity index (χ4v) is 0.986. The molecule has 0 bridgehead atoms. The zero-order chi connectivity index (χ0) is 8.97. The van der Waals surface area contributed by atoms with E-state index in [1.165, 1.54) is 5.56 Å². The minimum absolute atomic E-state index is 0.524. The van der Waals surface area contributed by atoms with E-state index >= 15 is 0 Å². The predicted molar refractivity (Wildman–Crippen MR) is 50.9 cm³/mol. The number of hydrogen-bond donors (Lipinski definition) is 0. The molecule has 0 fully saturated rings. The van der Waals surface area contributed by atoms with Crippen LogP contribution in [-0.4, -0.2) is 4.98 Å². The van der Waals surface area contributed by atoms with Gasteiger partial charge in [-0.05, 0) is 24.5 Å². The Balaban J connectivity index is 3.01. The van der Waals surface area contributed by atoms with Crippen molar-refractivity contribution in [1.82, 2.24) is 4.98 Å². The van der Waals surface area contributed by atoms with E-state index in [-0.39, 0.29) is 0 Å². The van der Waals surface area contributed by atoms with Crippen molar-refractivity contribution in [2.45, 2.75) is 26.7 Å². The minimum Gasteiger partial charge on any atom is -0.263 e. The summed E-state index contributed by atoms with van der Waals surface area (Å²) in [5.74, 6) is 6.37. The van der Waals surface area contributed by atoms with Crippen LogP contribution in [0, 0.1) is 11.8 Å². The summed E-state index contributed by atoms with van der Waals surface area (Å²) in [5.41, 5.74) is 2.25. The first kappa shape index (κ1) is 8.80. The highest BCUT2D eigenvalue weighted by Gasteiger charge is 1.98. The maximum atomic E-state index is 4.12. The lowest BCUT2D eigenvalue weighted by molar-refractivity contribution is 0.857. The summed E-state index contributed by atoms with van der Waals surface area (Å²) < 4.78 is 0. The van der Waals surface area contributed by atoms with Crippen molar-refractivity contribution in [1.29, 1.82) is 0 Å². The third kappa shape index (κ3) is 2.10. The summed E-state index contributed by atoms with van der Waals surface area (Å²) in [6.45, 7) is 6.14. The standard InChI is InChI=1S/C11H13N/c1-4-5-10-6-11(9(2)3)8-12-7-10/h6-9H,1-3H3. The van der Waals surface area contributed by atoms with Crippen LogP contribution in [0.15, 0.2) is 18.5 Å². The van der Waals surface area contributed by atoms with Crippen LogP contribution in [0.1, 0.15) is 37.8 Å². The van der Waals surface area contributed by atoms with Gasteiger partial charge >= 0.3 is 0 Å². The highest BCUT2D eigenvalue weighted by atomic mass is 14.6. The molecule has 1 heterocycles. The first-order chi connectivity index (χ1) is 5.74. The van der Waals surface area contributed by atoms with E-state index in [2.05, 4.69) is 36.7 Å². The molecule has 1 rings (SSSR count). The Labute approximate surface area is 73.8 Å². The maximum absolute atomic E-state index is 4.12. The molecule has 1 aromatic rings. The fraction of sp³-hybridized carbons (Fsp3) is 0.364. The summed E-state index contributed by atoms with van der Waals surface area (Å²) in [6, 6.07) is 2.09. The van der Waals surface area contributed by atoms with Crippen molar-refractivity contribution in [2.24, 2.45) is 0 Å². The average molecular weight is 159 g/mol. The Morgan fingerprint density at radius 3 is 2.67 bits per heavy atom. The third-order valence-corrected chi connectivity index (χ3v) is 1.70. The van der Waals surface area contributed by atoms with Crippen molar-refractivity contribution < 1.29 is 0 Å². The molecule has 0 aliphatic rings. The van der Waals surface area contributed by atoms with E-state index in [1.54, 1.807) is 6.20 Å². The molecule has 0 spiro atoms. The van der Waals surface area contributed by atoms with Crippen LogP contribution in [0.2, 0.25) is 0 Å². The molecule has 0 aliphatic heterocycles. The molecular formula is C11H13N. The van der Waals surface area contributed by atoms with Crippen LogP contribution in [0.5, 0.6) is 0 Å². The third-order valence-electron chi connectivity index (χ3n) is 1.70. The van der Waals surface area contributed by atoms with E-state index < -0.39 is 0 Å². The van der Waals surface area contributed by atoms with E-state index in [0.29, 0.717) is 5.92 Å². The van der Waals surface area contributed by atoms with Gasteiger partial charge in [0.1, 0.15) is 0 Å². The molecule has 0 amide bonds. The molecule has 12 heavy (non-hydrogen) atoms. The highest BCUT2D eigenvalue weighted by Crippen LogP contribution is 2.13. The van der Waals surface area contributed by atoms with Crippen LogP contribution in [-0.2, 0) is 0 Å². The van der Waals surface area contributed by atoms with Crippen LogP contribution < -0.4 is 0 Å². The van der Waals surface area contributed by atoms with Crippen molar-refractivity contribution in [3.63, 3.8) is 0 Å². The number of rotatable bonds is 1. The Bertz CT molecular complexity index is 315. The quantitative estimate of drug-likeness (QED) is 0.574. The molecule has 0 aromatic carbocycles. The zero-order valence-corrected chi connectivity index (χ0v) is 7.76. The molecule has 0 N–H and O–H groups in total. The predicted octanol–water partition coefficient (Wildman–Crippen LogP) is 2.58. The molecule has 1 aromatic heterocycles. The minimum atomic E-state index is 0.524. The van der Waals surface area contributed by atoms with Crippen LogP contribution in [0.25, 0.3) is 0 Å². The lowest BCUT2D eigenvalue weighted by Crippen LogP contribution is -1.89. The van der Waals surface area contributed by atoms with Gasteiger partial charge in [-0.15, -0.1) is 5.92 Å². The fourth-order valence-electron chi connectivity index (χ4n) is 0.986. The van der Waals surface area contributed by atoms with Crippen molar-refractivity contribution in [2.75, 3.05) is 0 Å². The van der Waals surface area contributed by atoms with Gasteiger partial charge in [-0.3, -0.25) is 4.98 Å². The SMILES string of the molecule is CC#Cc1cncc(C(C)C)c1. The molecule has 1 nitrogen and oxygen atoms in total. The van der Waals surface area contributed by atoms with Gasteiger partial charge < -0.3 is 0 Å². The van der Waals surface area contributed by atoms with Crippen LogP contribution in [0.4, 0.5) is 0 Å². The molecule has 0 saturated heterocycles. The number of pyridine rings is 1. The van der Waals surface area contributed by atoms with Crippen LogP contribution >= 0.6 is 0 Å². The summed E-state index contributed by atoms with van der Waals surface area (Å²) in [4.78, 5) is 4.12. The van der Waals surface area contributed by atoms with Gasteiger partial charge in [-0.1, -0.05) is 19.8 Å². The van der Waals surface area contributed by atoms with Gasteiger partial charge in [0.15, 0.2) is 0 Å². The van der Waals surface area contributed by atoms with Crippen molar-refractivity contribution >= 4 is 0 Å². The molecule has 62 valence electrons. The second-order valence-corrected chi connectivity index (χ2v) is 3.04. The van der Waals surface area contributed by atoms with Crippen LogP contribution in [0.3, 0.4) is 0 Å². The topological polar surface area (TPSA) is 12.9 Å². The second-order valence-electron chi connectivity index (χ2n) is 3.04. The lowest BCUT2D eigenvalue weighted by Gasteiger charge is -2.03. The maximum Gasteiger partial charge on any atom is 0.0431 e. The molecular weight excluding hydrogens is 146 g/mol. The van der Waals surface area contributed by atoms with Gasteiger partial charge in [0.05, 0.1) is 0 Å². The van der Waals surface area contributed by atoms with E-state index in [4.69, 9.17) is 0 Å². The molecule has 0 unspecified atom stereocenters.